The minimum absolute atomic E-state index is 0.0182. The van der Waals surface area contributed by atoms with Crippen molar-refractivity contribution in [2.45, 2.75) is 19.4 Å². The van der Waals surface area contributed by atoms with Crippen molar-refractivity contribution in [3.63, 3.8) is 0 Å². The predicted molar refractivity (Wildman–Crippen MR) is 69.4 cm³/mol. The number of anilines is 1. The molecular weight excluding hydrogens is 252 g/mol. The number of nitrogen functional groups attached to an aromatic ring is 1. The van der Waals surface area contributed by atoms with Gasteiger partial charge in [-0.05, 0) is 24.5 Å². The van der Waals surface area contributed by atoms with Crippen LogP contribution in [0, 0.1) is 23.0 Å². The molecule has 2 rings (SSSR count). The third-order valence-electron chi connectivity index (χ3n) is 3.56. The van der Waals surface area contributed by atoms with Crippen molar-refractivity contribution in [1.82, 2.24) is 0 Å². The molecule has 0 aromatic heterocycles. The summed E-state index contributed by atoms with van der Waals surface area (Å²) in [6, 6.07) is 2.09. The molecule has 1 fully saturated rings. The first-order chi connectivity index (χ1) is 8.90. The van der Waals surface area contributed by atoms with Crippen LogP contribution in [0.5, 0.6) is 0 Å². The number of amidine groups is 1. The third-order valence-corrected chi connectivity index (χ3v) is 3.56. The summed E-state index contributed by atoms with van der Waals surface area (Å²) >= 11 is 0. The molecule has 1 aliphatic heterocycles. The number of hydrogen-bond acceptors (Lipinski definition) is 3. The maximum Gasteiger partial charge on any atom is 0.150 e. The van der Waals surface area contributed by atoms with Crippen molar-refractivity contribution in [2.75, 3.05) is 18.0 Å². The zero-order valence-electron chi connectivity index (χ0n) is 10.7. The molecule has 104 valence electrons. The Morgan fingerprint density at radius 3 is 2.47 bits per heavy atom. The topological polar surface area (TPSA) is 73.3 Å². The zero-order valence-corrected chi connectivity index (χ0v) is 10.7. The summed E-state index contributed by atoms with van der Waals surface area (Å²) in [4.78, 5) is 1.50. The fourth-order valence-corrected chi connectivity index (χ4v) is 2.28. The normalized spacial score (nSPS) is 23.5. The molecule has 1 heterocycles. The van der Waals surface area contributed by atoms with E-state index in [4.69, 9.17) is 11.1 Å². The summed E-state index contributed by atoms with van der Waals surface area (Å²) in [6.45, 7) is 2.60. The number of piperidine rings is 1. The van der Waals surface area contributed by atoms with E-state index in [0.29, 0.717) is 13.0 Å². The standard InChI is InChI=1S/C13H17F2N3O/c1-7-2-3-18(6-11(7)19)12-9(14)4-8(13(16)17)5-10(12)15/h4-5,7,11,19H,2-3,6H2,1H3,(H3,16,17). The van der Waals surface area contributed by atoms with E-state index in [0.717, 1.165) is 12.1 Å². The summed E-state index contributed by atoms with van der Waals surface area (Å²) in [6.07, 6.45) is 0.0779. The van der Waals surface area contributed by atoms with Gasteiger partial charge in [0.2, 0.25) is 0 Å². The van der Waals surface area contributed by atoms with Gasteiger partial charge in [0.15, 0.2) is 0 Å². The van der Waals surface area contributed by atoms with Crippen LogP contribution < -0.4 is 10.6 Å². The summed E-state index contributed by atoms with van der Waals surface area (Å²) in [7, 11) is 0. The molecule has 1 saturated heterocycles. The average Bonchev–Trinajstić information content (AvgIpc) is 2.32. The first-order valence-electron chi connectivity index (χ1n) is 6.16. The first-order valence-corrected chi connectivity index (χ1v) is 6.16. The molecule has 0 amide bonds. The molecule has 0 saturated carbocycles. The molecule has 0 bridgehead atoms. The number of hydrogen-bond donors (Lipinski definition) is 3. The number of nitrogens with one attached hydrogen (secondary N) is 1. The van der Waals surface area contributed by atoms with Gasteiger partial charge in [-0.1, -0.05) is 6.92 Å². The molecule has 0 spiro atoms. The Morgan fingerprint density at radius 1 is 1.42 bits per heavy atom. The predicted octanol–water partition coefficient (Wildman–Crippen LogP) is 1.46. The zero-order chi connectivity index (χ0) is 14.2. The molecule has 1 aliphatic rings. The SMILES string of the molecule is CC1CCN(c2c(F)cc(C(=N)N)cc2F)CC1O. The second-order valence-corrected chi connectivity index (χ2v) is 4.98. The Labute approximate surface area is 110 Å². The molecule has 0 radical (unpaired) electrons. The van der Waals surface area contributed by atoms with Crippen molar-refractivity contribution in [2.24, 2.45) is 11.7 Å². The van der Waals surface area contributed by atoms with Gasteiger partial charge in [0.25, 0.3) is 0 Å². The van der Waals surface area contributed by atoms with E-state index in [1.807, 2.05) is 6.92 Å². The molecule has 19 heavy (non-hydrogen) atoms. The van der Waals surface area contributed by atoms with E-state index in [1.54, 1.807) is 0 Å². The van der Waals surface area contributed by atoms with E-state index < -0.39 is 17.7 Å². The second kappa shape index (κ2) is 5.13. The van der Waals surface area contributed by atoms with Crippen LogP contribution in [0.1, 0.15) is 18.9 Å². The molecule has 6 heteroatoms. The number of benzene rings is 1. The van der Waals surface area contributed by atoms with Crippen LogP contribution in [0.15, 0.2) is 12.1 Å². The Morgan fingerprint density at radius 2 is 2.00 bits per heavy atom. The van der Waals surface area contributed by atoms with E-state index in [2.05, 4.69) is 0 Å². The maximum absolute atomic E-state index is 14.0. The monoisotopic (exact) mass is 269 g/mol. The summed E-state index contributed by atoms with van der Waals surface area (Å²) in [5.41, 5.74) is 5.08. The highest BCUT2D eigenvalue weighted by Gasteiger charge is 2.28. The lowest BCUT2D eigenvalue weighted by molar-refractivity contribution is 0.102. The lowest BCUT2D eigenvalue weighted by atomic mass is 9.95. The van der Waals surface area contributed by atoms with E-state index in [9.17, 15) is 13.9 Å². The third kappa shape index (κ3) is 2.68. The second-order valence-electron chi connectivity index (χ2n) is 4.98. The minimum atomic E-state index is -0.757. The Kier molecular flexibility index (Phi) is 3.71. The van der Waals surface area contributed by atoms with Crippen molar-refractivity contribution in [1.29, 1.82) is 5.41 Å². The van der Waals surface area contributed by atoms with E-state index >= 15 is 0 Å². The number of halogens is 2. The smallest absolute Gasteiger partial charge is 0.150 e. The average molecular weight is 269 g/mol. The van der Waals surface area contributed by atoms with Gasteiger partial charge in [-0.15, -0.1) is 0 Å². The molecule has 2 atom stereocenters. The summed E-state index contributed by atoms with van der Waals surface area (Å²) in [5, 5.41) is 17.0. The maximum atomic E-state index is 14.0. The molecular formula is C13H17F2N3O. The van der Waals surface area contributed by atoms with Gasteiger partial charge in [0.05, 0.1) is 6.10 Å². The van der Waals surface area contributed by atoms with Crippen LogP contribution in [0.3, 0.4) is 0 Å². The van der Waals surface area contributed by atoms with Gasteiger partial charge in [-0.2, -0.15) is 0 Å². The Hall–Kier alpha value is -1.69. The number of aliphatic hydroxyl groups is 1. The number of aliphatic hydroxyl groups excluding tert-OH is 1. The van der Waals surface area contributed by atoms with Gasteiger partial charge in [0, 0.05) is 18.7 Å². The molecule has 4 N–H and O–H groups in total. The Balaban J connectivity index is 2.33. The lowest BCUT2D eigenvalue weighted by Crippen LogP contribution is -2.43. The van der Waals surface area contributed by atoms with Crippen molar-refractivity contribution in [3.05, 3.63) is 29.3 Å². The fourth-order valence-electron chi connectivity index (χ4n) is 2.28. The van der Waals surface area contributed by atoms with Crippen LogP contribution in [0.2, 0.25) is 0 Å². The Bertz CT molecular complexity index is 484. The van der Waals surface area contributed by atoms with Crippen LogP contribution in [0.4, 0.5) is 14.5 Å². The lowest BCUT2D eigenvalue weighted by Gasteiger charge is -2.36. The van der Waals surface area contributed by atoms with Gasteiger partial charge in [-0.25, -0.2) is 8.78 Å². The number of nitrogens with two attached hydrogens (primary N) is 1. The molecule has 1 aromatic carbocycles. The van der Waals surface area contributed by atoms with E-state index in [-0.39, 0.29) is 29.5 Å². The first kappa shape index (κ1) is 13.7. The minimum Gasteiger partial charge on any atom is -0.391 e. The molecule has 4 nitrogen and oxygen atoms in total. The highest BCUT2D eigenvalue weighted by molar-refractivity contribution is 5.95. The van der Waals surface area contributed by atoms with Gasteiger partial charge < -0.3 is 15.7 Å². The summed E-state index contributed by atoms with van der Waals surface area (Å²) in [5.74, 6) is -1.77. The van der Waals surface area contributed by atoms with E-state index in [1.165, 1.54) is 4.90 Å². The van der Waals surface area contributed by atoms with Crippen LogP contribution in [-0.2, 0) is 0 Å². The van der Waals surface area contributed by atoms with Crippen molar-refractivity contribution < 1.29 is 13.9 Å². The van der Waals surface area contributed by atoms with Gasteiger partial charge in [-0.3, -0.25) is 5.41 Å². The van der Waals surface area contributed by atoms with Crippen LogP contribution >= 0.6 is 0 Å². The van der Waals surface area contributed by atoms with Crippen LogP contribution in [-0.4, -0.2) is 30.1 Å². The number of nitrogens with zero attached hydrogens (tertiary/aromatic N) is 1. The summed E-state index contributed by atoms with van der Waals surface area (Å²) < 4.78 is 27.9. The number of rotatable bonds is 2. The van der Waals surface area contributed by atoms with Crippen LogP contribution in [0.25, 0.3) is 0 Å². The largest absolute Gasteiger partial charge is 0.391 e. The fraction of sp³-hybridized carbons (Fsp3) is 0.462. The highest BCUT2D eigenvalue weighted by atomic mass is 19.1. The molecule has 0 aliphatic carbocycles. The quantitative estimate of drug-likeness (QED) is 0.562. The highest BCUT2D eigenvalue weighted by Crippen LogP contribution is 2.29. The van der Waals surface area contributed by atoms with Crippen molar-refractivity contribution in [3.8, 4) is 0 Å². The molecule has 2 unspecified atom stereocenters. The van der Waals surface area contributed by atoms with Gasteiger partial charge in [0.1, 0.15) is 23.2 Å². The van der Waals surface area contributed by atoms with Gasteiger partial charge >= 0.3 is 0 Å². The molecule has 1 aromatic rings. The van der Waals surface area contributed by atoms with Crippen molar-refractivity contribution >= 4 is 11.5 Å². The number of β-amino-alcohol motifs (C(OH)–C–C–N with tert-alkyl or cyclic N) is 1.